The second kappa shape index (κ2) is 8.38. The molecule has 37 heavy (non-hydrogen) atoms. The Morgan fingerprint density at radius 2 is 1.62 bits per heavy atom. The van der Waals surface area contributed by atoms with E-state index in [0.29, 0.717) is 48.9 Å². The molecule has 0 unspecified atom stereocenters. The predicted molar refractivity (Wildman–Crippen MR) is 137 cm³/mol. The summed E-state index contributed by atoms with van der Waals surface area (Å²) in [6.07, 6.45) is 4.23. The summed E-state index contributed by atoms with van der Waals surface area (Å²) in [7, 11) is 0. The second-order valence-electron chi connectivity index (χ2n) is 10.4. The zero-order valence-electron chi connectivity index (χ0n) is 20.5. The Kier molecular flexibility index (Phi) is 5.08. The monoisotopic (exact) mass is 493 g/mol. The van der Waals surface area contributed by atoms with Gasteiger partial charge < -0.3 is 9.47 Å². The van der Waals surface area contributed by atoms with Crippen LogP contribution >= 0.6 is 0 Å². The molecule has 2 atom stereocenters. The Balaban J connectivity index is 1.16. The van der Waals surface area contributed by atoms with E-state index in [9.17, 15) is 14.4 Å². The number of imide groups is 1. The highest BCUT2D eigenvalue weighted by molar-refractivity contribution is 6.21. The number of benzene rings is 3. The average molecular weight is 494 g/mol. The van der Waals surface area contributed by atoms with Gasteiger partial charge in [-0.1, -0.05) is 48.5 Å². The number of rotatable bonds is 5. The number of unbranched alkanes of at least 4 members (excludes halogenated alkanes) is 1. The molecule has 186 valence electrons. The van der Waals surface area contributed by atoms with Crippen LogP contribution in [0.3, 0.4) is 0 Å². The van der Waals surface area contributed by atoms with Gasteiger partial charge in [0, 0.05) is 32.2 Å². The van der Waals surface area contributed by atoms with Gasteiger partial charge in [0.05, 0.1) is 16.7 Å². The molecule has 0 spiro atoms. The van der Waals surface area contributed by atoms with E-state index >= 15 is 0 Å². The molecule has 7 rings (SSSR count). The lowest BCUT2D eigenvalue weighted by Gasteiger charge is -2.48. The maximum atomic E-state index is 13.0. The molecule has 2 bridgehead atoms. The van der Waals surface area contributed by atoms with Crippen LogP contribution in [0.5, 0.6) is 0 Å². The number of hydrogen-bond donors (Lipinski definition) is 0. The van der Waals surface area contributed by atoms with Crippen LogP contribution in [0.15, 0.2) is 72.0 Å². The molecular formula is C31H27NO5. The summed E-state index contributed by atoms with van der Waals surface area (Å²) >= 11 is 0. The molecule has 0 radical (unpaired) electrons. The van der Waals surface area contributed by atoms with E-state index < -0.39 is 11.9 Å². The van der Waals surface area contributed by atoms with Gasteiger partial charge in [0.15, 0.2) is 5.78 Å². The molecule has 6 heteroatoms. The lowest BCUT2D eigenvalue weighted by atomic mass is 9.79. The second-order valence-corrected chi connectivity index (χ2v) is 10.4. The average Bonchev–Trinajstić information content (AvgIpc) is 3.16. The van der Waals surface area contributed by atoms with Crippen LogP contribution < -0.4 is 0 Å². The first-order valence-electron chi connectivity index (χ1n) is 13.1. The van der Waals surface area contributed by atoms with Gasteiger partial charge in [-0.3, -0.25) is 19.3 Å². The summed E-state index contributed by atoms with van der Waals surface area (Å²) in [4.78, 5) is 39.8. The first kappa shape index (κ1) is 22.4. The van der Waals surface area contributed by atoms with Gasteiger partial charge in [0.2, 0.25) is 5.79 Å². The lowest BCUT2D eigenvalue weighted by Crippen LogP contribution is -2.48. The number of hydrogen-bond acceptors (Lipinski definition) is 5. The van der Waals surface area contributed by atoms with Crippen molar-refractivity contribution in [3.63, 3.8) is 0 Å². The highest BCUT2D eigenvalue weighted by Crippen LogP contribution is 2.52. The third-order valence-corrected chi connectivity index (χ3v) is 8.19. The van der Waals surface area contributed by atoms with Gasteiger partial charge in [-0.05, 0) is 53.3 Å². The van der Waals surface area contributed by atoms with Gasteiger partial charge in [0.25, 0.3) is 11.8 Å². The molecule has 0 fully saturated rings. The topological polar surface area (TPSA) is 72.9 Å². The van der Waals surface area contributed by atoms with E-state index in [4.69, 9.17) is 9.47 Å². The molecule has 3 aliphatic heterocycles. The largest absolute Gasteiger partial charge is 0.466 e. The number of carbonyl (C=O) groups excluding carboxylic acids is 3. The van der Waals surface area contributed by atoms with Crippen molar-refractivity contribution in [2.75, 3.05) is 6.54 Å². The van der Waals surface area contributed by atoms with E-state index in [1.807, 2.05) is 12.1 Å². The van der Waals surface area contributed by atoms with Gasteiger partial charge in [-0.25, -0.2) is 0 Å². The van der Waals surface area contributed by atoms with E-state index in [-0.39, 0.29) is 17.6 Å². The van der Waals surface area contributed by atoms with Gasteiger partial charge in [-0.15, -0.1) is 0 Å². The maximum Gasteiger partial charge on any atom is 0.261 e. The highest BCUT2D eigenvalue weighted by atomic mass is 16.7. The van der Waals surface area contributed by atoms with Crippen LogP contribution in [0.2, 0.25) is 0 Å². The van der Waals surface area contributed by atoms with Crippen molar-refractivity contribution < 1.29 is 23.9 Å². The van der Waals surface area contributed by atoms with Crippen LogP contribution in [0, 0.1) is 0 Å². The fraction of sp³-hybridized carbons (Fsp3) is 0.323. The molecule has 1 aliphatic carbocycles. The summed E-state index contributed by atoms with van der Waals surface area (Å²) in [6, 6.07) is 19.5. The number of ketones is 1. The molecule has 0 aromatic heterocycles. The number of fused-ring (bicyclic) bond motifs is 8. The van der Waals surface area contributed by atoms with E-state index in [1.54, 1.807) is 24.3 Å². The Morgan fingerprint density at radius 3 is 2.43 bits per heavy atom. The Morgan fingerprint density at radius 1 is 0.865 bits per heavy atom. The smallest absolute Gasteiger partial charge is 0.261 e. The summed E-state index contributed by atoms with van der Waals surface area (Å²) in [5.41, 5.74) is 3.88. The fourth-order valence-corrected chi connectivity index (χ4v) is 6.42. The van der Waals surface area contributed by atoms with E-state index in [0.717, 1.165) is 36.0 Å². The number of allylic oxidation sites excluding steroid dienone is 1. The number of nitrogens with zero attached hydrogens (tertiary/aromatic N) is 1. The van der Waals surface area contributed by atoms with Crippen LogP contribution in [0.25, 0.3) is 10.8 Å². The minimum atomic E-state index is -0.861. The molecule has 4 aliphatic rings. The quantitative estimate of drug-likeness (QED) is 0.339. The van der Waals surface area contributed by atoms with Gasteiger partial charge >= 0.3 is 0 Å². The molecular weight excluding hydrogens is 466 g/mol. The third kappa shape index (κ3) is 3.46. The molecule has 2 amide bonds. The predicted octanol–water partition coefficient (Wildman–Crippen LogP) is 5.65. The van der Waals surface area contributed by atoms with Crippen molar-refractivity contribution in [1.29, 1.82) is 0 Å². The van der Waals surface area contributed by atoms with Crippen molar-refractivity contribution in [2.45, 2.75) is 56.8 Å². The zero-order chi connectivity index (χ0) is 25.1. The van der Waals surface area contributed by atoms with Crippen LogP contribution in [-0.2, 0) is 20.7 Å². The minimum absolute atomic E-state index is 0.117. The Hall–Kier alpha value is -3.77. The summed E-state index contributed by atoms with van der Waals surface area (Å²) in [6.45, 7) is 0.359. The maximum absolute atomic E-state index is 13.0. The normalized spacial score (nSPS) is 24.2. The Labute approximate surface area is 214 Å². The number of carbonyl (C=O) groups is 3. The number of ether oxygens (including phenoxy) is 2. The number of amides is 2. The first-order chi connectivity index (χ1) is 18.0. The minimum Gasteiger partial charge on any atom is -0.466 e. The van der Waals surface area contributed by atoms with Crippen LogP contribution in [0.4, 0.5) is 0 Å². The molecule has 0 saturated carbocycles. The van der Waals surface area contributed by atoms with Gasteiger partial charge in [0.1, 0.15) is 11.9 Å². The van der Waals surface area contributed by atoms with Crippen molar-refractivity contribution >= 4 is 28.4 Å². The Bertz CT molecular complexity index is 1490. The third-order valence-electron chi connectivity index (χ3n) is 8.19. The molecule has 3 aromatic rings. The van der Waals surface area contributed by atoms with Crippen molar-refractivity contribution in [1.82, 2.24) is 4.90 Å². The standard InChI is InChI=1S/C31H27NO5/c33-25-12-7-13-26-27(25)28-21-15-14-19-8-1-2-9-20(19)24(21)18-31(36-26,37-28)16-5-6-17-32-29(34)22-10-3-4-11-23(22)30(32)35/h1-4,8-11,14-15,28H,5-7,12-13,16-18H2/t28-,31+/m0/s1. The molecule has 6 nitrogen and oxygen atoms in total. The van der Waals surface area contributed by atoms with E-state index in [1.165, 1.54) is 15.8 Å². The SMILES string of the molecule is O=C1CCCC2=C1[C@H]1O[C@](CCCCN3C(=O)c4ccccc4C3=O)(Cc3c1ccc1ccccc31)O2. The van der Waals surface area contributed by atoms with Crippen molar-refractivity contribution in [2.24, 2.45) is 0 Å². The highest BCUT2D eigenvalue weighted by Gasteiger charge is 2.50. The van der Waals surface area contributed by atoms with Gasteiger partial charge in [-0.2, -0.15) is 0 Å². The van der Waals surface area contributed by atoms with Crippen LogP contribution in [-0.4, -0.2) is 34.8 Å². The summed E-state index contributed by atoms with van der Waals surface area (Å²) < 4.78 is 13.2. The van der Waals surface area contributed by atoms with E-state index in [2.05, 4.69) is 24.3 Å². The molecule has 3 aromatic carbocycles. The van der Waals surface area contributed by atoms with Crippen molar-refractivity contribution in [3.8, 4) is 0 Å². The summed E-state index contributed by atoms with van der Waals surface area (Å²) in [5, 5.41) is 2.32. The number of Topliss-reactive ketones (excluding diaryl/α,β-unsaturated/α-hetero) is 1. The van der Waals surface area contributed by atoms with Crippen molar-refractivity contribution in [3.05, 3.63) is 94.2 Å². The lowest BCUT2D eigenvalue weighted by molar-refractivity contribution is -0.264. The molecule has 0 N–H and O–H groups in total. The first-order valence-corrected chi connectivity index (χ1v) is 13.1. The zero-order valence-corrected chi connectivity index (χ0v) is 20.5. The molecule has 3 heterocycles. The molecule has 0 saturated heterocycles. The van der Waals surface area contributed by atoms with Crippen LogP contribution in [0.1, 0.15) is 76.5 Å². The summed E-state index contributed by atoms with van der Waals surface area (Å²) in [5.74, 6) is -0.409. The fourth-order valence-electron chi connectivity index (χ4n) is 6.42.